The van der Waals surface area contributed by atoms with Crippen molar-refractivity contribution in [2.24, 2.45) is 0 Å². The number of rotatable bonds is 5. The maximum Gasteiger partial charge on any atom is 0.161 e. The van der Waals surface area contributed by atoms with E-state index >= 15 is 0 Å². The summed E-state index contributed by atoms with van der Waals surface area (Å²) >= 11 is 0. The summed E-state index contributed by atoms with van der Waals surface area (Å²) in [6, 6.07) is 10.8. The van der Waals surface area contributed by atoms with Crippen molar-refractivity contribution >= 4 is 21.5 Å². The summed E-state index contributed by atoms with van der Waals surface area (Å²) in [4.78, 5) is 0. The van der Waals surface area contributed by atoms with Crippen LogP contribution in [0.2, 0.25) is 0 Å². The van der Waals surface area contributed by atoms with Gasteiger partial charge in [0.05, 0.1) is 27.9 Å². The molecule has 0 radical (unpaired) electrons. The van der Waals surface area contributed by atoms with Gasteiger partial charge in [0.25, 0.3) is 0 Å². The minimum atomic E-state index is 0.300. The first-order valence-electron chi connectivity index (χ1n) is 9.09. The van der Waals surface area contributed by atoms with Crippen molar-refractivity contribution in [2.75, 3.05) is 35.0 Å². The molecule has 0 bridgehead atoms. The van der Waals surface area contributed by atoms with Gasteiger partial charge < -0.3 is 24.3 Å². The molecule has 1 N–H and O–H groups in total. The molecule has 142 valence electrons. The van der Waals surface area contributed by atoms with Crippen LogP contribution in [0.3, 0.4) is 0 Å². The Bertz CT molecular complexity index is 999. The van der Waals surface area contributed by atoms with Gasteiger partial charge in [0, 0.05) is 19.7 Å². The maximum absolute atomic E-state index is 5.58. The van der Waals surface area contributed by atoms with Crippen LogP contribution in [0.25, 0.3) is 21.5 Å². The van der Waals surface area contributed by atoms with E-state index in [1.54, 1.807) is 28.4 Å². The minimum Gasteiger partial charge on any atom is -0.497 e. The highest BCUT2D eigenvalue weighted by Gasteiger charge is 2.24. The monoisotopic (exact) mass is 367 g/mol. The molecule has 0 amide bonds. The Morgan fingerprint density at radius 2 is 1.52 bits per heavy atom. The van der Waals surface area contributed by atoms with Gasteiger partial charge in [0.1, 0.15) is 5.75 Å². The number of ether oxygens (including phenoxy) is 4. The molecule has 5 nitrogen and oxygen atoms in total. The van der Waals surface area contributed by atoms with Crippen LogP contribution in [0.4, 0.5) is 0 Å². The second kappa shape index (κ2) is 7.25. The molecular formula is C22H25NO4. The van der Waals surface area contributed by atoms with Crippen molar-refractivity contribution in [3.63, 3.8) is 0 Å². The fourth-order valence-corrected chi connectivity index (χ4v) is 4.13. The highest BCUT2D eigenvalue weighted by atomic mass is 16.5. The van der Waals surface area contributed by atoms with Crippen molar-refractivity contribution in [1.29, 1.82) is 0 Å². The Labute approximate surface area is 159 Å². The first kappa shape index (κ1) is 17.9. The van der Waals surface area contributed by atoms with Crippen molar-refractivity contribution in [3.8, 4) is 17.2 Å². The molecule has 1 unspecified atom stereocenters. The fourth-order valence-electron chi connectivity index (χ4n) is 4.13. The van der Waals surface area contributed by atoms with Gasteiger partial charge in [-0.15, -0.1) is 0 Å². The molecule has 4 rings (SSSR count). The number of benzene rings is 3. The SMILES string of the molecule is COCC1Cc2c(c3ccc(OC)cc3c3cc(OC)c(OC)cc23)CN1. The van der Waals surface area contributed by atoms with E-state index in [1.807, 2.05) is 6.07 Å². The Morgan fingerprint density at radius 1 is 0.815 bits per heavy atom. The van der Waals surface area contributed by atoms with Gasteiger partial charge in [-0.3, -0.25) is 0 Å². The van der Waals surface area contributed by atoms with Crippen molar-refractivity contribution < 1.29 is 18.9 Å². The van der Waals surface area contributed by atoms with Crippen molar-refractivity contribution in [3.05, 3.63) is 41.5 Å². The van der Waals surface area contributed by atoms with E-state index in [1.165, 1.54) is 21.9 Å². The molecule has 3 aromatic carbocycles. The van der Waals surface area contributed by atoms with Gasteiger partial charge >= 0.3 is 0 Å². The predicted octanol–water partition coefficient (Wildman–Crippen LogP) is 3.68. The minimum absolute atomic E-state index is 0.300. The standard InChI is InChI=1S/C22H25NO4/c1-24-12-13-7-16-18-9-21(26-3)22(27-4)10-19(18)17-8-14(25-2)5-6-15(17)20(16)11-23-13/h5-6,8-10,13,23H,7,11-12H2,1-4H3. The molecule has 0 saturated carbocycles. The van der Waals surface area contributed by atoms with E-state index < -0.39 is 0 Å². The zero-order valence-electron chi connectivity index (χ0n) is 16.2. The van der Waals surface area contributed by atoms with Crippen LogP contribution in [0, 0.1) is 0 Å². The molecule has 0 saturated heterocycles. The van der Waals surface area contributed by atoms with Gasteiger partial charge in [0.2, 0.25) is 0 Å². The summed E-state index contributed by atoms with van der Waals surface area (Å²) in [5.41, 5.74) is 2.68. The van der Waals surface area contributed by atoms with Crippen LogP contribution in [-0.2, 0) is 17.7 Å². The average Bonchev–Trinajstić information content (AvgIpc) is 2.72. The second-order valence-electron chi connectivity index (χ2n) is 6.86. The molecule has 5 heteroatoms. The van der Waals surface area contributed by atoms with Crippen LogP contribution in [0.1, 0.15) is 11.1 Å². The Balaban J connectivity index is 2.07. The maximum atomic E-state index is 5.58. The molecule has 3 aromatic rings. The normalized spacial score (nSPS) is 16.4. The number of hydrogen-bond donors (Lipinski definition) is 1. The summed E-state index contributed by atoms with van der Waals surface area (Å²) in [7, 11) is 6.79. The van der Waals surface area contributed by atoms with Gasteiger partial charge in [-0.25, -0.2) is 0 Å². The quantitative estimate of drug-likeness (QED) is 0.697. The lowest BCUT2D eigenvalue weighted by Crippen LogP contribution is -2.39. The lowest BCUT2D eigenvalue weighted by Gasteiger charge is -2.29. The third kappa shape index (κ3) is 2.97. The molecule has 0 aliphatic carbocycles. The van der Waals surface area contributed by atoms with E-state index in [9.17, 15) is 0 Å². The fraction of sp³-hybridized carbons (Fsp3) is 0.364. The lowest BCUT2D eigenvalue weighted by molar-refractivity contribution is 0.163. The van der Waals surface area contributed by atoms with E-state index in [0.29, 0.717) is 12.6 Å². The summed E-state index contributed by atoms with van der Waals surface area (Å²) in [5.74, 6) is 2.33. The van der Waals surface area contributed by atoms with Crippen molar-refractivity contribution in [1.82, 2.24) is 5.32 Å². The smallest absolute Gasteiger partial charge is 0.161 e. The molecule has 0 spiro atoms. The highest BCUT2D eigenvalue weighted by Crippen LogP contribution is 2.41. The molecule has 27 heavy (non-hydrogen) atoms. The zero-order valence-corrected chi connectivity index (χ0v) is 16.2. The van der Waals surface area contributed by atoms with Crippen LogP contribution >= 0.6 is 0 Å². The molecule has 0 aromatic heterocycles. The summed E-state index contributed by atoms with van der Waals surface area (Å²) < 4.78 is 22.0. The molecule has 0 fully saturated rings. The molecule has 1 aliphatic rings. The van der Waals surface area contributed by atoms with Crippen LogP contribution in [-0.4, -0.2) is 41.1 Å². The van der Waals surface area contributed by atoms with E-state index in [2.05, 4.69) is 29.6 Å². The van der Waals surface area contributed by atoms with Crippen molar-refractivity contribution in [2.45, 2.75) is 19.0 Å². The largest absolute Gasteiger partial charge is 0.497 e. The van der Waals surface area contributed by atoms with Crippen LogP contribution < -0.4 is 19.5 Å². The number of nitrogens with one attached hydrogen (secondary N) is 1. The zero-order chi connectivity index (χ0) is 19.0. The van der Waals surface area contributed by atoms with E-state index in [-0.39, 0.29) is 0 Å². The Kier molecular flexibility index (Phi) is 4.81. The summed E-state index contributed by atoms with van der Waals surface area (Å²) in [6.45, 7) is 1.51. The second-order valence-corrected chi connectivity index (χ2v) is 6.86. The average molecular weight is 367 g/mol. The predicted molar refractivity (Wildman–Crippen MR) is 107 cm³/mol. The van der Waals surface area contributed by atoms with Gasteiger partial charge in [0.15, 0.2) is 11.5 Å². The van der Waals surface area contributed by atoms with Gasteiger partial charge in [-0.05, 0) is 63.4 Å². The molecule has 1 heterocycles. The third-order valence-electron chi connectivity index (χ3n) is 5.44. The molecule has 1 aliphatic heterocycles. The van der Waals surface area contributed by atoms with E-state index in [0.717, 1.165) is 41.0 Å². The first-order valence-corrected chi connectivity index (χ1v) is 9.09. The highest BCUT2D eigenvalue weighted by molar-refractivity contribution is 6.12. The number of fused-ring (bicyclic) bond motifs is 6. The number of hydrogen-bond acceptors (Lipinski definition) is 5. The summed E-state index contributed by atoms with van der Waals surface area (Å²) in [6.07, 6.45) is 0.914. The topological polar surface area (TPSA) is 49.0 Å². The van der Waals surface area contributed by atoms with E-state index in [4.69, 9.17) is 18.9 Å². The van der Waals surface area contributed by atoms with Crippen LogP contribution in [0.15, 0.2) is 30.3 Å². The van der Waals surface area contributed by atoms with Gasteiger partial charge in [-0.1, -0.05) is 6.07 Å². The number of methoxy groups -OCH3 is 4. The Hall–Kier alpha value is -2.50. The van der Waals surface area contributed by atoms with Crippen LogP contribution in [0.5, 0.6) is 17.2 Å². The lowest BCUT2D eigenvalue weighted by atomic mass is 9.86. The Morgan fingerprint density at radius 3 is 2.19 bits per heavy atom. The summed E-state index contributed by atoms with van der Waals surface area (Å²) in [5, 5.41) is 8.36. The molecular weight excluding hydrogens is 342 g/mol. The first-order chi connectivity index (χ1) is 13.2. The third-order valence-corrected chi connectivity index (χ3v) is 5.44. The van der Waals surface area contributed by atoms with Gasteiger partial charge in [-0.2, -0.15) is 0 Å². The molecule has 1 atom stereocenters.